The van der Waals surface area contributed by atoms with E-state index in [1.165, 1.54) is 25.3 Å². The molecule has 2 N–H and O–H groups in total. The Bertz CT molecular complexity index is 1510. The van der Waals surface area contributed by atoms with Gasteiger partial charge in [-0.25, -0.2) is 19.2 Å². The average molecular weight is 544 g/mol. The number of hydrogen-bond donors (Lipinski definition) is 2. The second-order valence-corrected chi connectivity index (χ2v) is 8.76. The van der Waals surface area contributed by atoms with Crippen molar-refractivity contribution in [2.75, 3.05) is 26.8 Å². The third-order valence-electron chi connectivity index (χ3n) is 5.95. The molecule has 0 atom stereocenters. The smallest absolute Gasteiger partial charge is 0.416 e. The summed E-state index contributed by atoms with van der Waals surface area (Å²) in [5.41, 5.74) is 1.39. The van der Waals surface area contributed by atoms with Crippen LogP contribution in [0.1, 0.15) is 27.4 Å². The van der Waals surface area contributed by atoms with Crippen LogP contribution in [0.2, 0.25) is 0 Å². The molecule has 204 valence electrons. The molecule has 0 fully saturated rings. The van der Waals surface area contributed by atoms with E-state index in [2.05, 4.69) is 15.3 Å². The molecule has 0 aliphatic carbocycles. The molecule has 0 saturated heterocycles. The Morgan fingerprint density at radius 3 is 2.49 bits per heavy atom. The zero-order valence-corrected chi connectivity index (χ0v) is 21.1. The van der Waals surface area contributed by atoms with Gasteiger partial charge in [0.1, 0.15) is 23.9 Å². The number of aromatic carboxylic acids is 1. The second-order valence-electron chi connectivity index (χ2n) is 8.76. The SMILES string of the molecule is COc1cc(F)cc(CCNCCOc2cc(-c3ccc4nc(C(=O)O)nc(C)c4c3)cc(C(F)(F)F)c2)c1. The Balaban J connectivity index is 1.46. The number of aryl methyl sites for hydroxylation is 1. The van der Waals surface area contributed by atoms with E-state index in [-0.39, 0.29) is 23.7 Å². The van der Waals surface area contributed by atoms with Gasteiger partial charge in [-0.1, -0.05) is 6.07 Å². The molecule has 0 unspecified atom stereocenters. The number of rotatable bonds is 10. The van der Waals surface area contributed by atoms with Crippen LogP contribution in [0.15, 0.2) is 54.6 Å². The van der Waals surface area contributed by atoms with Crippen molar-refractivity contribution in [2.45, 2.75) is 19.5 Å². The Labute approximate surface area is 221 Å². The molecule has 1 heterocycles. The number of halogens is 4. The maximum absolute atomic E-state index is 13.7. The van der Waals surface area contributed by atoms with Gasteiger partial charge in [0.2, 0.25) is 5.82 Å². The van der Waals surface area contributed by atoms with Gasteiger partial charge >= 0.3 is 12.1 Å². The largest absolute Gasteiger partial charge is 0.497 e. The summed E-state index contributed by atoms with van der Waals surface area (Å²) in [6.07, 6.45) is -4.06. The normalized spacial score (nSPS) is 11.5. The summed E-state index contributed by atoms with van der Waals surface area (Å²) in [5, 5.41) is 12.8. The molecular weight excluding hydrogens is 518 g/mol. The molecule has 3 aromatic carbocycles. The number of benzene rings is 3. The van der Waals surface area contributed by atoms with Gasteiger partial charge < -0.3 is 19.9 Å². The molecule has 0 aliphatic heterocycles. The minimum Gasteiger partial charge on any atom is -0.497 e. The maximum atomic E-state index is 13.7. The Morgan fingerprint density at radius 2 is 1.77 bits per heavy atom. The third-order valence-corrected chi connectivity index (χ3v) is 5.95. The first-order valence-corrected chi connectivity index (χ1v) is 11.9. The lowest BCUT2D eigenvalue weighted by Gasteiger charge is -2.14. The number of fused-ring (bicyclic) bond motifs is 1. The summed E-state index contributed by atoms with van der Waals surface area (Å²) in [4.78, 5) is 19.2. The number of methoxy groups -OCH3 is 1. The van der Waals surface area contributed by atoms with Crippen molar-refractivity contribution in [1.82, 2.24) is 15.3 Å². The number of carboxylic acids is 1. The molecule has 11 heteroatoms. The fourth-order valence-corrected chi connectivity index (χ4v) is 4.05. The summed E-state index contributed by atoms with van der Waals surface area (Å²) in [5.74, 6) is -1.55. The van der Waals surface area contributed by atoms with Crippen LogP contribution in [0.25, 0.3) is 22.0 Å². The van der Waals surface area contributed by atoms with Crippen LogP contribution < -0.4 is 14.8 Å². The predicted molar refractivity (Wildman–Crippen MR) is 137 cm³/mol. The second kappa shape index (κ2) is 11.6. The molecule has 1 aromatic heterocycles. The number of nitrogens with one attached hydrogen (secondary N) is 1. The Hall–Kier alpha value is -4.25. The monoisotopic (exact) mass is 543 g/mol. The van der Waals surface area contributed by atoms with Gasteiger partial charge in [0.15, 0.2) is 0 Å². The van der Waals surface area contributed by atoms with Crippen molar-refractivity contribution in [3.63, 3.8) is 0 Å². The van der Waals surface area contributed by atoms with Gasteiger partial charge in [0.25, 0.3) is 0 Å². The molecule has 0 spiro atoms. The number of nitrogens with zero attached hydrogens (tertiary/aromatic N) is 2. The molecule has 0 saturated carbocycles. The summed E-state index contributed by atoms with van der Waals surface area (Å²) in [6, 6.07) is 12.7. The van der Waals surface area contributed by atoms with Gasteiger partial charge in [0, 0.05) is 23.7 Å². The quantitative estimate of drug-likeness (QED) is 0.196. The highest BCUT2D eigenvalue weighted by atomic mass is 19.4. The standard InChI is InChI=1S/C28H25F4N3O4/c1-16-24-13-18(3-4-25(24)35-26(34-16)27(36)37)19-11-20(28(30,31)32)14-23(12-19)39-8-7-33-6-5-17-9-21(29)15-22(10-17)38-2/h3-4,9-15,33H,5-8H2,1-2H3,(H,36,37). The highest BCUT2D eigenvalue weighted by molar-refractivity contribution is 5.90. The molecule has 7 nitrogen and oxygen atoms in total. The van der Waals surface area contributed by atoms with Crippen molar-refractivity contribution in [3.05, 3.63) is 83.1 Å². The van der Waals surface area contributed by atoms with E-state index in [1.807, 2.05) is 0 Å². The van der Waals surface area contributed by atoms with Crippen molar-refractivity contribution >= 4 is 16.9 Å². The van der Waals surface area contributed by atoms with E-state index >= 15 is 0 Å². The lowest BCUT2D eigenvalue weighted by molar-refractivity contribution is -0.137. The summed E-state index contributed by atoms with van der Waals surface area (Å²) in [7, 11) is 1.46. The summed E-state index contributed by atoms with van der Waals surface area (Å²) >= 11 is 0. The van der Waals surface area contributed by atoms with Crippen molar-refractivity contribution in [2.24, 2.45) is 0 Å². The van der Waals surface area contributed by atoms with Crippen LogP contribution in [-0.4, -0.2) is 47.8 Å². The molecule has 4 rings (SSSR count). The van der Waals surface area contributed by atoms with Crippen LogP contribution in [0.5, 0.6) is 11.5 Å². The molecule has 0 radical (unpaired) electrons. The minimum absolute atomic E-state index is 0.0470. The third kappa shape index (κ3) is 6.99. The minimum atomic E-state index is -4.59. The average Bonchev–Trinajstić information content (AvgIpc) is 2.89. The van der Waals surface area contributed by atoms with Gasteiger partial charge in [-0.05, 0) is 79.0 Å². The fraction of sp³-hybridized carbons (Fsp3) is 0.250. The Morgan fingerprint density at radius 1 is 0.974 bits per heavy atom. The first-order valence-electron chi connectivity index (χ1n) is 11.9. The van der Waals surface area contributed by atoms with E-state index in [1.54, 1.807) is 31.2 Å². The summed E-state index contributed by atoms with van der Waals surface area (Å²) in [6.45, 7) is 2.58. The Kier molecular flexibility index (Phi) is 8.29. The molecule has 0 amide bonds. The van der Waals surface area contributed by atoms with Crippen LogP contribution in [0.3, 0.4) is 0 Å². The first kappa shape index (κ1) is 27.8. The number of hydrogen-bond acceptors (Lipinski definition) is 6. The number of alkyl halides is 3. The van der Waals surface area contributed by atoms with E-state index < -0.39 is 23.5 Å². The zero-order valence-electron chi connectivity index (χ0n) is 21.1. The lowest BCUT2D eigenvalue weighted by atomic mass is 10.00. The van der Waals surface area contributed by atoms with E-state index in [0.29, 0.717) is 47.4 Å². The molecule has 0 bridgehead atoms. The van der Waals surface area contributed by atoms with Crippen LogP contribution >= 0.6 is 0 Å². The molecule has 39 heavy (non-hydrogen) atoms. The number of aromatic nitrogens is 2. The highest BCUT2D eigenvalue weighted by Crippen LogP contribution is 2.36. The van der Waals surface area contributed by atoms with E-state index in [9.17, 15) is 27.5 Å². The fourth-order valence-electron chi connectivity index (χ4n) is 4.05. The topological polar surface area (TPSA) is 93.6 Å². The maximum Gasteiger partial charge on any atom is 0.416 e. The van der Waals surface area contributed by atoms with Gasteiger partial charge in [-0.15, -0.1) is 0 Å². The number of carbonyl (C=O) groups is 1. The van der Waals surface area contributed by atoms with E-state index in [4.69, 9.17) is 9.47 Å². The lowest BCUT2D eigenvalue weighted by Crippen LogP contribution is -2.23. The summed E-state index contributed by atoms with van der Waals surface area (Å²) < 4.78 is 65.3. The van der Waals surface area contributed by atoms with Crippen LogP contribution in [-0.2, 0) is 12.6 Å². The predicted octanol–water partition coefficient (Wildman–Crippen LogP) is 5.68. The number of carboxylic acid groups (broad SMARTS) is 1. The van der Waals surface area contributed by atoms with Crippen LogP contribution in [0, 0.1) is 12.7 Å². The van der Waals surface area contributed by atoms with Crippen molar-refractivity contribution in [3.8, 4) is 22.6 Å². The van der Waals surface area contributed by atoms with Gasteiger partial charge in [-0.3, -0.25) is 0 Å². The highest BCUT2D eigenvalue weighted by Gasteiger charge is 2.31. The molecule has 0 aliphatic rings. The molecule has 4 aromatic rings. The van der Waals surface area contributed by atoms with Gasteiger partial charge in [-0.2, -0.15) is 13.2 Å². The van der Waals surface area contributed by atoms with Gasteiger partial charge in [0.05, 0.1) is 18.2 Å². The van der Waals surface area contributed by atoms with Crippen LogP contribution in [0.4, 0.5) is 17.6 Å². The zero-order chi connectivity index (χ0) is 28.2. The van der Waals surface area contributed by atoms with Crippen molar-refractivity contribution < 1.29 is 36.9 Å². The first-order chi connectivity index (χ1) is 18.5. The number of ether oxygens (including phenoxy) is 2. The molecular formula is C28H25F4N3O4. The van der Waals surface area contributed by atoms with Crippen molar-refractivity contribution in [1.29, 1.82) is 0 Å². The van der Waals surface area contributed by atoms with E-state index in [0.717, 1.165) is 17.7 Å².